The van der Waals surface area contributed by atoms with Crippen molar-refractivity contribution >= 4 is 25.1 Å². The lowest BCUT2D eigenvalue weighted by Crippen LogP contribution is -2.03. The van der Waals surface area contributed by atoms with Crippen LogP contribution in [0.1, 0.15) is 0 Å². The first-order valence-corrected chi connectivity index (χ1v) is 1.08. The fourth-order valence-corrected chi connectivity index (χ4v) is 0. The van der Waals surface area contributed by atoms with Crippen molar-refractivity contribution in [2.45, 2.75) is 0 Å². The van der Waals surface area contributed by atoms with Crippen molar-refractivity contribution in [3.8, 4) is 0 Å². The largest absolute Gasteiger partial charge is 0.368 e. The van der Waals surface area contributed by atoms with Crippen LogP contribution in [0.2, 0.25) is 0 Å². The minimum Gasteiger partial charge on any atom is -0.368 e. The topological polar surface area (TPSA) is 97.2 Å². The summed E-state index contributed by atoms with van der Waals surface area (Å²) >= 11 is 0. The van der Waals surface area contributed by atoms with E-state index in [1.807, 2.05) is 0 Å². The normalized spacial score (nSPS) is 4.57. The van der Waals surface area contributed by atoms with Crippen LogP contribution in [0.4, 0.5) is 0 Å². The summed E-state index contributed by atoms with van der Waals surface area (Å²) < 4.78 is 0. The van der Waals surface area contributed by atoms with E-state index in [4.69, 9.17) is 5.41 Å². The van der Waals surface area contributed by atoms with E-state index in [1.54, 1.807) is 0 Å². The van der Waals surface area contributed by atoms with Gasteiger partial charge in [0.15, 0.2) is 0 Å². The second-order valence-electron chi connectivity index (χ2n) is 0.543. The molecule has 0 saturated carbocycles. The maximum atomic E-state index is 6.29. The van der Waals surface area contributed by atoms with Gasteiger partial charge in [-0.1, -0.05) is 0 Å². The van der Waals surface area contributed by atoms with Crippen molar-refractivity contribution in [3.05, 3.63) is 0 Å². The minimum absolute atomic E-state index is 0. The highest BCUT2D eigenvalue weighted by atomic mass is 35.5. The average Bonchev–Trinajstić information content (AvgIpc) is 1.38. The molecule has 0 aliphatic heterocycles. The van der Waals surface area contributed by atoms with Gasteiger partial charge in [-0.25, -0.2) is 4.99 Å². The first-order chi connectivity index (χ1) is 2.27. The predicted octanol–water partition coefficient (Wildman–Crippen LogP) is 0.164. The maximum Gasteiger partial charge on any atom is 0.211 e. The summed E-state index contributed by atoms with van der Waals surface area (Å²) in [5.74, 6) is -0.231. The zero-order chi connectivity index (χ0) is 4.28. The molecule has 0 atom stereocenters. The van der Waals surface area contributed by atoms with Crippen LogP contribution < -0.4 is 11.9 Å². The summed E-state index contributed by atoms with van der Waals surface area (Å²) in [6, 6.07) is 0. The molecule has 0 fully saturated rings. The Kier molecular flexibility index (Phi) is 20.9. The Hall–Kier alpha value is -0.610. The third-order valence-electron chi connectivity index (χ3n) is 0.170. The number of rotatable bonds is 0. The Morgan fingerprint density at radius 2 is 1.86 bits per heavy atom. The van der Waals surface area contributed by atoms with Crippen LogP contribution in [0.5, 0.6) is 0 Å². The van der Waals surface area contributed by atoms with Gasteiger partial charge < -0.3 is 11.9 Å². The Balaban J connectivity index is -0.0000000800. The lowest BCUT2D eigenvalue weighted by molar-refractivity contribution is 1.39. The van der Waals surface area contributed by atoms with E-state index in [0.717, 1.165) is 0 Å². The number of guanidine groups is 1. The SMILES string of the molecule is C=NC(=N)N.Cl.N. The summed E-state index contributed by atoms with van der Waals surface area (Å²) in [5.41, 5.74) is 4.65. The number of hydrogen-bond donors (Lipinski definition) is 3. The molecule has 0 aromatic heterocycles. The zero-order valence-corrected chi connectivity index (χ0v) is 4.66. The zero-order valence-electron chi connectivity index (χ0n) is 3.85. The van der Waals surface area contributed by atoms with Crippen LogP contribution in [-0.2, 0) is 0 Å². The quantitative estimate of drug-likeness (QED) is 0.317. The number of nitrogens with two attached hydrogens (primary N) is 1. The summed E-state index contributed by atoms with van der Waals surface area (Å²) in [5, 5.41) is 6.29. The average molecular weight is 125 g/mol. The summed E-state index contributed by atoms with van der Waals surface area (Å²) in [6.45, 7) is 2.96. The summed E-state index contributed by atoms with van der Waals surface area (Å²) in [7, 11) is 0. The standard InChI is InChI=1S/C2H5N3.ClH.H3N/c1-5-2(3)4;;/h1H2,(H3,3,4);1H;1H3. The molecule has 0 saturated heterocycles. The fraction of sp³-hybridized carbons (Fsp3) is 0. The molecule has 0 radical (unpaired) electrons. The number of aliphatic imine (C=N–C) groups is 1. The van der Waals surface area contributed by atoms with Crippen molar-refractivity contribution in [1.82, 2.24) is 6.15 Å². The van der Waals surface area contributed by atoms with Crippen molar-refractivity contribution in [2.75, 3.05) is 0 Å². The van der Waals surface area contributed by atoms with Gasteiger partial charge in [-0.3, -0.25) is 5.41 Å². The van der Waals surface area contributed by atoms with Crippen molar-refractivity contribution in [3.63, 3.8) is 0 Å². The molecule has 4 nitrogen and oxygen atoms in total. The van der Waals surface area contributed by atoms with Gasteiger partial charge in [-0.2, -0.15) is 0 Å². The monoisotopic (exact) mass is 124 g/mol. The first-order valence-electron chi connectivity index (χ1n) is 1.08. The second kappa shape index (κ2) is 9.04. The van der Waals surface area contributed by atoms with Gasteiger partial charge in [0.25, 0.3) is 0 Å². The molecule has 0 spiro atoms. The molecule has 0 aliphatic rings. The molecule has 5 heteroatoms. The molecule has 6 N–H and O–H groups in total. The lowest BCUT2D eigenvalue weighted by Gasteiger charge is -1.71. The van der Waals surface area contributed by atoms with Crippen LogP contribution in [0.25, 0.3) is 0 Å². The van der Waals surface area contributed by atoms with Gasteiger partial charge in [0.1, 0.15) is 0 Å². The summed E-state index contributed by atoms with van der Waals surface area (Å²) in [4.78, 5) is 3.00. The number of hydrogen-bond acceptors (Lipinski definition) is 2. The highest BCUT2D eigenvalue weighted by molar-refractivity contribution is 5.85. The molecular weight excluding hydrogens is 116 g/mol. The van der Waals surface area contributed by atoms with E-state index in [1.165, 1.54) is 0 Å². The molecule has 7 heavy (non-hydrogen) atoms. The third-order valence-corrected chi connectivity index (χ3v) is 0.170. The molecule has 0 aliphatic carbocycles. The van der Waals surface area contributed by atoms with Crippen molar-refractivity contribution in [1.29, 1.82) is 5.41 Å². The molecule has 44 valence electrons. The first kappa shape index (κ1) is 16.2. The molecular formula is C2H9ClN4. The van der Waals surface area contributed by atoms with Crippen molar-refractivity contribution in [2.24, 2.45) is 10.7 Å². The Morgan fingerprint density at radius 1 is 1.71 bits per heavy atom. The number of nitrogens with zero attached hydrogens (tertiary/aromatic N) is 1. The molecule has 0 aromatic rings. The lowest BCUT2D eigenvalue weighted by atomic mass is 11.1. The van der Waals surface area contributed by atoms with Gasteiger partial charge in [0.2, 0.25) is 5.96 Å². The molecule has 0 heterocycles. The predicted molar refractivity (Wildman–Crippen MR) is 33.7 cm³/mol. The number of halogens is 1. The highest BCUT2D eigenvalue weighted by Crippen LogP contribution is 1.48. The van der Waals surface area contributed by atoms with Gasteiger partial charge in [-0.05, 0) is 6.72 Å². The Bertz CT molecular complexity index is 60.7. The molecule has 0 unspecified atom stereocenters. The van der Waals surface area contributed by atoms with E-state index >= 15 is 0 Å². The highest BCUT2D eigenvalue weighted by Gasteiger charge is 1.63. The van der Waals surface area contributed by atoms with Gasteiger partial charge in [0, 0.05) is 0 Å². The Morgan fingerprint density at radius 3 is 1.86 bits per heavy atom. The molecule has 0 aromatic carbocycles. The molecule has 0 rings (SSSR count). The van der Waals surface area contributed by atoms with E-state index < -0.39 is 0 Å². The number of nitrogens with one attached hydrogen (secondary N) is 1. The smallest absolute Gasteiger partial charge is 0.211 e. The van der Waals surface area contributed by atoms with E-state index in [9.17, 15) is 0 Å². The molecule has 0 bridgehead atoms. The Labute approximate surface area is 48.3 Å². The summed E-state index contributed by atoms with van der Waals surface area (Å²) in [6.07, 6.45) is 0. The van der Waals surface area contributed by atoms with Crippen LogP contribution >= 0.6 is 12.4 Å². The molecule has 0 amide bonds. The van der Waals surface area contributed by atoms with Gasteiger partial charge >= 0.3 is 0 Å². The van der Waals surface area contributed by atoms with Gasteiger partial charge in [0.05, 0.1) is 0 Å². The minimum atomic E-state index is -0.231. The van der Waals surface area contributed by atoms with E-state index in [2.05, 4.69) is 17.4 Å². The van der Waals surface area contributed by atoms with E-state index in [-0.39, 0.29) is 24.5 Å². The van der Waals surface area contributed by atoms with Crippen LogP contribution in [0.15, 0.2) is 4.99 Å². The fourth-order valence-electron chi connectivity index (χ4n) is 0. The van der Waals surface area contributed by atoms with Crippen LogP contribution in [0, 0.1) is 5.41 Å². The second-order valence-corrected chi connectivity index (χ2v) is 0.543. The van der Waals surface area contributed by atoms with E-state index in [0.29, 0.717) is 0 Å². The van der Waals surface area contributed by atoms with Gasteiger partial charge in [-0.15, -0.1) is 12.4 Å². The van der Waals surface area contributed by atoms with Crippen molar-refractivity contribution < 1.29 is 0 Å². The third kappa shape index (κ3) is 32.1. The van der Waals surface area contributed by atoms with Crippen LogP contribution in [-0.4, -0.2) is 12.7 Å². The van der Waals surface area contributed by atoms with Crippen LogP contribution in [0.3, 0.4) is 0 Å². The maximum absolute atomic E-state index is 6.29.